The largest absolute Gasteiger partial charge is 0.480 e. The first-order valence-corrected chi connectivity index (χ1v) is 7.52. The van der Waals surface area contributed by atoms with Crippen molar-refractivity contribution in [1.29, 1.82) is 0 Å². The zero-order chi connectivity index (χ0) is 16.6. The van der Waals surface area contributed by atoms with Crippen molar-refractivity contribution in [1.82, 2.24) is 4.90 Å². The molecule has 0 saturated carbocycles. The molecule has 0 aromatic heterocycles. The molecule has 9 heteroatoms. The van der Waals surface area contributed by atoms with Crippen LogP contribution in [-0.2, 0) is 16.0 Å². The number of amides is 1. The zero-order valence-corrected chi connectivity index (χ0v) is 13.7. The van der Waals surface area contributed by atoms with Crippen LogP contribution in [0.5, 0.6) is 0 Å². The van der Waals surface area contributed by atoms with Crippen LogP contribution < -0.4 is 4.90 Å². The average molecular weight is 356 g/mol. The van der Waals surface area contributed by atoms with E-state index in [9.17, 15) is 24.8 Å². The minimum atomic E-state index is -0.909. The maximum absolute atomic E-state index is 12.5. The lowest BCUT2D eigenvalue weighted by Crippen LogP contribution is -2.44. The van der Waals surface area contributed by atoms with Crippen molar-refractivity contribution in [2.75, 3.05) is 24.5 Å². The molecule has 1 unspecified atom stereocenters. The van der Waals surface area contributed by atoms with Gasteiger partial charge in [0.25, 0.3) is 5.69 Å². The molecule has 1 aromatic rings. The number of aliphatic carboxylic acids is 1. The van der Waals surface area contributed by atoms with E-state index in [1.165, 1.54) is 17.0 Å². The number of carboxylic acid groups (broad SMARTS) is 1. The van der Waals surface area contributed by atoms with Gasteiger partial charge in [-0.05, 0) is 31.4 Å². The SMILES string of the molecule is Cl.O=C(O)C1CCCN1CC(=O)N1CCc2ccc([N+](=O)[O-])cc21. The Bertz CT molecular complexity index is 681. The summed E-state index contributed by atoms with van der Waals surface area (Å²) in [5.41, 5.74) is 1.42. The van der Waals surface area contributed by atoms with E-state index < -0.39 is 16.9 Å². The minimum Gasteiger partial charge on any atom is -0.480 e. The molecule has 1 aromatic carbocycles. The van der Waals surface area contributed by atoms with E-state index in [0.717, 1.165) is 12.0 Å². The summed E-state index contributed by atoms with van der Waals surface area (Å²) in [5.74, 6) is -1.12. The van der Waals surface area contributed by atoms with Crippen LogP contribution in [0, 0.1) is 10.1 Å². The summed E-state index contributed by atoms with van der Waals surface area (Å²) in [6.45, 7) is 1.08. The van der Waals surface area contributed by atoms with Gasteiger partial charge in [0.1, 0.15) is 6.04 Å². The maximum Gasteiger partial charge on any atom is 0.320 e. The fraction of sp³-hybridized carbons (Fsp3) is 0.467. The van der Waals surface area contributed by atoms with Crippen molar-refractivity contribution in [3.8, 4) is 0 Å². The van der Waals surface area contributed by atoms with Crippen LogP contribution in [0.3, 0.4) is 0 Å². The molecule has 0 aliphatic carbocycles. The van der Waals surface area contributed by atoms with Gasteiger partial charge in [0.2, 0.25) is 5.91 Å². The van der Waals surface area contributed by atoms with Crippen molar-refractivity contribution in [3.63, 3.8) is 0 Å². The van der Waals surface area contributed by atoms with Crippen molar-refractivity contribution in [3.05, 3.63) is 33.9 Å². The minimum absolute atomic E-state index is 0. The molecule has 2 aliphatic heterocycles. The number of halogens is 1. The number of rotatable bonds is 4. The van der Waals surface area contributed by atoms with Crippen molar-refractivity contribution >= 4 is 35.7 Å². The number of carbonyl (C=O) groups is 2. The number of anilines is 1. The molecule has 3 rings (SSSR count). The number of fused-ring (bicyclic) bond motifs is 1. The summed E-state index contributed by atoms with van der Waals surface area (Å²) < 4.78 is 0. The number of likely N-dealkylation sites (tertiary alicyclic amines) is 1. The van der Waals surface area contributed by atoms with E-state index >= 15 is 0 Å². The number of nitro groups is 1. The standard InChI is InChI=1S/C15H17N3O5.ClH/c19-14(9-16-6-1-2-12(16)15(20)21)17-7-5-10-3-4-11(18(22)23)8-13(10)17;/h3-4,8,12H,1-2,5-7,9H2,(H,20,21);1H. The molecular weight excluding hydrogens is 338 g/mol. The topological polar surface area (TPSA) is 104 Å². The fourth-order valence-electron chi connectivity index (χ4n) is 3.29. The Hall–Kier alpha value is -2.19. The third-order valence-corrected chi connectivity index (χ3v) is 4.46. The van der Waals surface area contributed by atoms with E-state index in [1.807, 2.05) is 0 Å². The Balaban J connectivity index is 0.00000208. The number of benzene rings is 1. The Labute approximate surface area is 144 Å². The normalized spacial score (nSPS) is 19.7. The van der Waals surface area contributed by atoms with Gasteiger partial charge in [-0.1, -0.05) is 6.07 Å². The van der Waals surface area contributed by atoms with Crippen LogP contribution in [0.2, 0.25) is 0 Å². The Morgan fingerprint density at radius 2 is 2.08 bits per heavy atom. The first kappa shape index (κ1) is 18.2. The van der Waals surface area contributed by atoms with Crippen molar-refractivity contribution in [2.24, 2.45) is 0 Å². The van der Waals surface area contributed by atoms with Gasteiger partial charge in [0.05, 0.1) is 17.2 Å². The van der Waals surface area contributed by atoms with E-state index in [4.69, 9.17) is 0 Å². The number of nitro benzene ring substituents is 1. The van der Waals surface area contributed by atoms with Crippen LogP contribution in [0.1, 0.15) is 18.4 Å². The number of carbonyl (C=O) groups excluding carboxylic acids is 1. The van der Waals surface area contributed by atoms with Gasteiger partial charge in [-0.25, -0.2) is 0 Å². The quantitative estimate of drug-likeness (QED) is 0.647. The second-order valence-corrected chi connectivity index (χ2v) is 5.83. The Morgan fingerprint density at radius 3 is 2.75 bits per heavy atom. The highest BCUT2D eigenvalue weighted by Crippen LogP contribution is 2.32. The highest BCUT2D eigenvalue weighted by Gasteiger charge is 2.34. The monoisotopic (exact) mass is 355 g/mol. The highest BCUT2D eigenvalue weighted by molar-refractivity contribution is 5.97. The molecule has 1 amide bonds. The van der Waals surface area contributed by atoms with Gasteiger partial charge in [-0.15, -0.1) is 12.4 Å². The van der Waals surface area contributed by atoms with Crippen LogP contribution in [0.4, 0.5) is 11.4 Å². The summed E-state index contributed by atoms with van der Waals surface area (Å²) >= 11 is 0. The molecule has 1 N–H and O–H groups in total. The smallest absolute Gasteiger partial charge is 0.320 e. The molecule has 1 saturated heterocycles. The van der Waals surface area contributed by atoms with E-state index in [0.29, 0.717) is 31.6 Å². The third kappa shape index (κ3) is 3.34. The number of non-ortho nitro benzene ring substituents is 1. The van der Waals surface area contributed by atoms with Gasteiger partial charge < -0.3 is 10.0 Å². The Morgan fingerprint density at radius 1 is 1.33 bits per heavy atom. The molecule has 8 nitrogen and oxygen atoms in total. The molecule has 0 radical (unpaired) electrons. The third-order valence-electron chi connectivity index (χ3n) is 4.46. The van der Waals surface area contributed by atoms with Crippen molar-refractivity contribution in [2.45, 2.75) is 25.3 Å². The second kappa shape index (κ2) is 7.14. The fourth-order valence-corrected chi connectivity index (χ4v) is 3.29. The summed E-state index contributed by atoms with van der Waals surface area (Å²) in [7, 11) is 0. The number of hydrogen-bond acceptors (Lipinski definition) is 5. The lowest BCUT2D eigenvalue weighted by atomic mass is 10.1. The van der Waals surface area contributed by atoms with Gasteiger partial charge >= 0.3 is 5.97 Å². The number of hydrogen-bond donors (Lipinski definition) is 1. The second-order valence-electron chi connectivity index (χ2n) is 5.83. The van der Waals surface area contributed by atoms with Crippen LogP contribution in [0.15, 0.2) is 18.2 Å². The van der Waals surface area contributed by atoms with E-state index in [1.54, 1.807) is 11.0 Å². The predicted octanol–water partition coefficient (Wildman–Crippen LogP) is 1.45. The van der Waals surface area contributed by atoms with Crippen molar-refractivity contribution < 1.29 is 19.6 Å². The van der Waals surface area contributed by atoms with Crippen LogP contribution >= 0.6 is 12.4 Å². The van der Waals surface area contributed by atoms with Crippen LogP contribution in [-0.4, -0.2) is 52.5 Å². The van der Waals surface area contributed by atoms with Gasteiger partial charge in [-0.3, -0.25) is 24.6 Å². The number of nitrogens with zero attached hydrogens (tertiary/aromatic N) is 3. The van der Waals surface area contributed by atoms with Gasteiger partial charge in [0, 0.05) is 18.7 Å². The molecule has 2 aliphatic rings. The lowest BCUT2D eigenvalue weighted by molar-refractivity contribution is -0.384. The van der Waals surface area contributed by atoms with Crippen LogP contribution in [0.25, 0.3) is 0 Å². The summed E-state index contributed by atoms with van der Waals surface area (Å²) in [6.07, 6.45) is 1.96. The molecule has 0 spiro atoms. The molecule has 1 atom stereocenters. The summed E-state index contributed by atoms with van der Waals surface area (Å²) in [4.78, 5) is 37.3. The first-order chi connectivity index (χ1) is 11.0. The maximum atomic E-state index is 12.5. The van der Waals surface area contributed by atoms with E-state index in [-0.39, 0.29) is 30.5 Å². The summed E-state index contributed by atoms with van der Waals surface area (Å²) in [6, 6.07) is 3.91. The summed E-state index contributed by atoms with van der Waals surface area (Å²) in [5, 5.41) is 20.1. The molecule has 2 heterocycles. The van der Waals surface area contributed by atoms with Gasteiger partial charge in [0.15, 0.2) is 0 Å². The zero-order valence-electron chi connectivity index (χ0n) is 12.9. The predicted molar refractivity (Wildman–Crippen MR) is 88.6 cm³/mol. The Kier molecular flexibility index (Phi) is 5.40. The molecular formula is C15H18ClN3O5. The molecule has 24 heavy (non-hydrogen) atoms. The number of carboxylic acids is 1. The first-order valence-electron chi connectivity index (χ1n) is 7.52. The van der Waals surface area contributed by atoms with Gasteiger partial charge in [-0.2, -0.15) is 0 Å². The van der Waals surface area contributed by atoms with E-state index in [2.05, 4.69) is 0 Å². The lowest BCUT2D eigenvalue weighted by Gasteiger charge is -2.24. The molecule has 130 valence electrons. The average Bonchev–Trinajstić information content (AvgIpc) is 3.12. The molecule has 1 fully saturated rings. The highest BCUT2D eigenvalue weighted by atomic mass is 35.5. The molecule has 0 bridgehead atoms.